The minimum atomic E-state index is -0.883. The summed E-state index contributed by atoms with van der Waals surface area (Å²) in [5, 5.41) is 19.2. The van der Waals surface area contributed by atoms with Crippen molar-refractivity contribution in [2.45, 2.75) is 37.2 Å². The van der Waals surface area contributed by atoms with E-state index in [1.54, 1.807) is 18.5 Å². The Morgan fingerprint density at radius 3 is 2.92 bits per heavy atom. The standard InChI is InChI=1S/C20H20ClNO3S/c21-17-11-18(23)16(8-6-13-3-2-10-22-12-13)15(17)5-1-4-14-7-9-19(26-14)20(24)25/h2-3,7,9-10,12,15-18,23H,1,4-5,11H2,(H,24,25)/t15-,16-,17-,18-/m1/s1. The highest BCUT2D eigenvalue weighted by Gasteiger charge is 2.40. The van der Waals surface area contributed by atoms with E-state index >= 15 is 0 Å². The SMILES string of the molecule is O=C(O)c1ccc(CCC[C@@H]2[C@@H](C#Cc3cccnc3)[C@H](O)C[C@H]2Cl)s1. The number of nitrogens with zero attached hydrogens (tertiary/aromatic N) is 1. The highest BCUT2D eigenvalue weighted by atomic mass is 35.5. The monoisotopic (exact) mass is 389 g/mol. The number of alkyl halides is 1. The van der Waals surface area contributed by atoms with E-state index in [9.17, 15) is 9.90 Å². The number of aryl methyl sites for hydroxylation is 1. The third kappa shape index (κ3) is 4.64. The second-order valence-electron chi connectivity index (χ2n) is 6.48. The van der Waals surface area contributed by atoms with E-state index in [-0.39, 0.29) is 17.2 Å². The maximum absolute atomic E-state index is 11.0. The number of halogens is 1. The maximum atomic E-state index is 11.0. The summed E-state index contributed by atoms with van der Waals surface area (Å²) in [6.07, 6.45) is 6.03. The lowest BCUT2D eigenvalue weighted by molar-refractivity contribution is 0.0702. The molecule has 2 N–H and O–H groups in total. The Labute approximate surface area is 161 Å². The fourth-order valence-corrected chi connectivity index (χ4v) is 4.72. The molecule has 1 aliphatic carbocycles. The highest BCUT2D eigenvalue weighted by molar-refractivity contribution is 7.13. The quantitative estimate of drug-likeness (QED) is 0.602. The Kier molecular flexibility index (Phi) is 6.31. The summed E-state index contributed by atoms with van der Waals surface area (Å²) in [5.74, 6) is 5.40. The van der Waals surface area contributed by atoms with Gasteiger partial charge in [0, 0.05) is 28.2 Å². The fraction of sp³-hybridized carbons (Fsp3) is 0.400. The number of thiophene rings is 1. The molecule has 4 atom stereocenters. The van der Waals surface area contributed by atoms with Crippen molar-refractivity contribution in [3.8, 4) is 11.8 Å². The molecule has 0 radical (unpaired) electrons. The predicted molar refractivity (Wildman–Crippen MR) is 103 cm³/mol. The van der Waals surface area contributed by atoms with Crippen LogP contribution in [0, 0.1) is 23.7 Å². The molecule has 0 spiro atoms. The van der Waals surface area contributed by atoms with Crippen molar-refractivity contribution in [3.63, 3.8) is 0 Å². The van der Waals surface area contributed by atoms with E-state index in [1.807, 2.05) is 18.2 Å². The first-order valence-electron chi connectivity index (χ1n) is 8.60. The molecule has 1 aliphatic rings. The number of pyridine rings is 1. The third-order valence-corrected chi connectivity index (χ3v) is 6.32. The smallest absolute Gasteiger partial charge is 0.345 e. The maximum Gasteiger partial charge on any atom is 0.345 e. The van der Waals surface area contributed by atoms with Gasteiger partial charge in [-0.05, 0) is 55.9 Å². The van der Waals surface area contributed by atoms with Gasteiger partial charge in [-0.25, -0.2) is 4.79 Å². The zero-order chi connectivity index (χ0) is 18.5. The van der Waals surface area contributed by atoms with Gasteiger partial charge in [0.2, 0.25) is 0 Å². The van der Waals surface area contributed by atoms with Crippen LogP contribution in [-0.4, -0.2) is 32.6 Å². The first-order valence-corrected chi connectivity index (χ1v) is 9.85. The summed E-state index contributed by atoms with van der Waals surface area (Å²) in [5.41, 5.74) is 0.830. The number of carbonyl (C=O) groups is 1. The highest BCUT2D eigenvalue weighted by Crippen LogP contribution is 2.39. The van der Waals surface area contributed by atoms with Crippen molar-refractivity contribution < 1.29 is 15.0 Å². The van der Waals surface area contributed by atoms with Crippen LogP contribution >= 0.6 is 22.9 Å². The van der Waals surface area contributed by atoms with Crippen LogP contribution in [0.5, 0.6) is 0 Å². The molecule has 0 aliphatic heterocycles. The van der Waals surface area contributed by atoms with Crippen molar-refractivity contribution in [1.29, 1.82) is 0 Å². The van der Waals surface area contributed by atoms with Gasteiger partial charge >= 0.3 is 5.97 Å². The van der Waals surface area contributed by atoms with E-state index < -0.39 is 12.1 Å². The van der Waals surface area contributed by atoms with Crippen molar-refractivity contribution in [3.05, 3.63) is 52.0 Å². The lowest BCUT2D eigenvalue weighted by Crippen LogP contribution is -2.19. The second kappa shape index (κ2) is 8.68. The Balaban J connectivity index is 1.61. The second-order valence-corrected chi connectivity index (χ2v) is 8.21. The van der Waals surface area contributed by atoms with Crippen LogP contribution in [0.4, 0.5) is 0 Å². The first kappa shape index (κ1) is 18.9. The van der Waals surface area contributed by atoms with E-state index in [2.05, 4.69) is 16.8 Å². The number of carboxylic acid groups (broad SMARTS) is 1. The largest absolute Gasteiger partial charge is 0.477 e. The van der Waals surface area contributed by atoms with E-state index in [0.29, 0.717) is 11.3 Å². The van der Waals surface area contributed by atoms with Crippen LogP contribution in [0.25, 0.3) is 0 Å². The Morgan fingerprint density at radius 2 is 2.23 bits per heavy atom. The molecule has 4 nitrogen and oxygen atoms in total. The number of rotatable bonds is 5. The van der Waals surface area contributed by atoms with Crippen LogP contribution in [0.1, 0.15) is 39.4 Å². The summed E-state index contributed by atoms with van der Waals surface area (Å²) < 4.78 is 0. The zero-order valence-electron chi connectivity index (χ0n) is 14.1. The summed E-state index contributed by atoms with van der Waals surface area (Å²) in [7, 11) is 0. The van der Waals surface area contributed by atoms with Gasteiger partial charge in [0.15, 0.2) is 0 Å². The summed E-state index contributed by atoms with van der Waals surface area (Å²) in [6.45, 7) is 0. The molecule has 0 saturated heterocycles. The van der Waals surface area contributed by atoms with E-state index in [0.717, 1.165) is 29.7 Å². The summed E-state index contributed by atoms with van der Waals surface area (Å²) in [6, 6.07) is 7.25. The molecule has 0 amide bonds. The molecule has 26 heavy (non-hydrogen) atoms. The summed E-state index contributed by atoms with van der Waals surface area (Å²) >= 11 is 7.78. The van der Waals surface area contributed by atoms with Gasteiger partial charge in [-0.15, -0.1) is 22.9 Å². The number of aliphatic hydroxyl groups is 1. The normalized spacial score (nSPS) is 24.8. The lowest BCUT2D eigenvalue weighted by atomic mass is 9.90. The molecular weight excluding hydrogens is 370 g/mol. The molecule has 2 aromatic heterocycles. The predicted octanol–water partition coefficient (Wildman–Crippen LogP) is 3.82. The molecule has 1 saturated carbocycles. The van der Waals surface area contributed by atoms with Gasteiger partial charge in [0.1, 0.15) is 4.88 Å². The topological polar surface area (TPSA) is 70.4 Å². The average molecular weight is 390 g/mol. The van der Waals surface area contributed by atoms with Crippen LogP contribution in [0.3, 0.4) is 0 Å². The molecule has 136 valence electrons. The van der Waals surface area contributed by atoms with Gasteiger partial charge < -0.3 is 10.2 Å². The van der Waals surface area contributed by atoms with Crippen LogP contribution in [0.15, 0.2) is 36.7 Å². The summed E-state index contributed by atoms with van der Waals surface area (Å²) in [4.78, 5) is 16.4. The molecular formula is C20H20ClNO3S. The molecule has 2 aromatic rings. The number of hydrogen-bond donors (Lipinski definition) is 2. The molecule has 0 aromatic carbocycles. The van der Waals surface area contributed by atoms with Gasteiger partial charge in [0.05, 0.1) is 12.0 Å². The van der Waals surface area contributed by atoms with Gasteiger partial charge in [-0.2, -0.15) is 0 Å². The molecule has 0 bridgehead atoms. The molecule has 6 heteroatoms. The minimum Gasteiger partial charge on any atom is -0.477 e. The average Bonchev–Trinajstić information content (AvgIpc) is 3.19. The third-order valence-electron chi connectivity index (χ3n) is 4.68. The first-order chi connectivity index (χ1) is 12.5. The van der Waals surface area contributed by atoms with Gasteiger partial charge in [-0.1, -0.05) is 11.8 Å². The fourth-order valence-electron chi connectivity index (χ4n) is 3.37. The number of carboxylic acids is 1. The minimum absolute atomic E-state index is 0.0869. The van der Waals surface area contributed by atoms with Crippen molar-refractivity contribution >= 4 is 28.9 Å². The van der Waals surface area contributed by atoms with Crippen LogP contribution in [0.2, 0.25) is 0 Å². The molecule has 2 heterocycles. The molecule has 0 unspecified atom stereocenters. The van der Waals surface area contributed by atoms with Gasteiger partial charge in [-0.3, -0.25) is 4.98 Å². The number of aromatic carboxylic acids is 1. The lowest BCUT2D eigenvalue weighted by Gasteiger charge is -2.18. The molecule has 1 fully saturated rings. The Bertz CT molecular complexity index is 811. The number of aromatic nitrogens is 1. The van der Waals surface area contributed by atoms with Crippen molar-refractivity contribution in [2.24, 2.45) is 11.8 Å². The Hall–Kier alpha value is -1.87. The number of hydrogen-bond acceptors (Lipinski definition) is 4. The van der Waals surface area contributed by atoms with Crippen molar-refractivity contribution in [2.75, 3.05) is 0 Å². The van der Waals surface area contributed by atoms with Crippen molar-refractivity contribution in [1.82, 2.24) is 4.98 Å². The number of aliphatic hydroxyl groups excluding tert-OH is 1. The molecule has 3 rings (SSSR count). The van der Waals surface area contributed by atoms with Crippen LogP contribution < -0.4 is 0 Å². The zero-order valence-corrected chi connectivity index (χ0v) is 15.7. The van der Waals surface area contributed by atoms with E-state index in [4.69, 9.17) is 16.7 Å². The van der Waals surface area contributed by atoms with Crippen LogP contribution in [-0.2, 0) is 6.42 Å². The van der Waals surface area contributed by atoms with Gasteiger partial charge in [0.25, 0.3) is 0 Å². The Morgan fingerprint density at radius 1 is 1.38 bits per heavy atom. The van der Waals surface area contributed by atoms with E-state index in [1.165, 1.54) is 11.3 Å².